The summed E-state index contributed by atoms with van der Waals surface area (Å²) in [4.78, 5) is 4.08. The van der Waals surface area contributed by atoms with Crippen LogP contribution in [-0.2, 0) is 0 Å². The minimum atomic E-state index is -0.461. The van der Waals surface area contributed by atoms with Crippen LogP contribution < -0.4 is 0 Å². The summed E-state index contributed by atoms with van der Waals surface area (Å²) in [5, 5.41) is 9.59. The first kappa shape index (κ1) is 22.6. The molecule has 0 aromatic heterocycles. The van der Waals surface area contributed by atoms with Gasteiger partial charge in [0.25, 0.3) is 0 Å². The summed E-state index contributed by atoms with van der Waals surface area (Å²) < 4.78 is 0. The maximum absolute atomic E-state index is 9.59. The van der Waals surface area contributed by atoms with E-state index in [1.54, 1.807) is 0 Å². The van der Waals surface area contributed by atoms with Crippen LogP contribution in [0.25, 0.3) is 0 Å². The third kappa shape index (κ3) is 19.6. The lowest BCUT2D eigenvalue weighted by molar-refractivity contribution is 0.171. The van der Waals surface area contributed by atoms with Gasteiger partial charge in [-0.3, -0.25) is 4.99 Å². The van der Waals surface area contributed by atoms with Crippen molar-refractivity contribution in [2.75, 3.05) is 0 Å². The van der Waals surface area contributed by atoms with Crippen molar-refractivity contribution in [2.24, 2.45) is 4.99 Å². The van der Waals surface area contributed by atoms with Gasteiger partial charge in [0.2, 0.25) is 0 Å². The summed E-state index contributed by atoms with van der Waals surface area (Å²) in [6, 6.07) is 0. The summed E-state index contributed by atoms with van der Waals surface area (Å²) in [5.74, 6) is 0. The van der Waals surface area contributed by atoms with Gasteiger partial charge >= 0.3 is 0 Å². The molecule has 0 bridgehead atoms. The first-order valence-corrected chi connectivity index (χ1v) is 10.5. The molecule has 2 heteroatoms. The Hall–Kier alpha value is -0.370. The lowest BCUT2D eigenvalue weighted by Gasteiger charge is -2.05. The summed E-state index contributed by atoms with van der Waals surface area (Å²) >= 11 is 0. The fourth-order valence-corrected chi connectivity index (χ4v) is 3.00. The molecule has 0 aromatic rings. The first-order valence-electron chi connectivity index (χ1n) is 10.5. The zero-order valence-corrected chi connectivity index (χ0v) is 16.1. The zero-order valence-electron chi connectivity index (χ0n) is 16.1. The van der Waals surface area contributed by atoms with E-state index >= 15 is 0 Å². The standard InChI is InChI=1S/C21H43NO/c1-3-5-6-7-8-9-10-11-12-13-14-15-16-17-18-19-21(23)22-20-4-2/h20-21,23H,3-19H2,1-2H3. The molecule has 0 amide bonds. The number of nitrogens with zero attached hydrogens (tertiary/aromatic N) is 1. The molecule has 0 fully saturated rings. The van der Waals surface area contributed by atoms with E-state index in [0.717, 1.165) is 19.3 Å². The lowest BCUT2D eigenvalue weighted by Crippen LogP contribution is -2.02. The molecule has 1 atom stereocenters. The maximum Gasteiger partial charge on any atom is 0.144 e. The van der Waals surface area contributed by atoms with Gasteiger partial charge in [-0.15, -0.1) is 0 Å². The molecule has 0 saturated carbocycles. The van der Waals surface area contributed by atoms with Crippen LogP contribution >= 0.6 is 0 Å². The minimum Gasteiger partial charge on any atom is -0.372 e. The fourth-order valence-electron chi connectivity index (χ4n) is 3.00. The van der Waals surface area contributed by atoms with Gasteiger partial charge in [-0.25, -0.2) is 0 Å². The van der Waals surface area contributed by atoms with Crippen molar-refractivity contribution in [3.05, 3.63) is 0 Å². The van der Waals surface area contributed by atoms with Crippen molar-refractivity contribution >= 4 is 6.21 Å². The van der Waals surface area contributed by atoms with Crippen LogP contribution in [0.15, 0.2) is 4.99 Å². The van der Waals surface area contributed by atoms with Gasteiger partial charge < -0.3 is 5.11 Å². The molecular formula is C21H43NO. The molecule has 0 heterocycles. The zero-order chi connectivity index (χ0) is 17.0. The Bertz CT molecular complexity index is 240. The second kappa shape index (κ2) is 19.7. The summed E-state index contributed by atoms with van der Waals surface area (Å²) in [5.41, 5.74) is 0. The second-order valence-corrected chi connectivity index (χ2v) is 6.96. The van der Waals surface area contributed by atoms with E-state index in [0.29, 0.717) is 0 Å². The van der Waals surface area contributed by atoms with E-state index < -0.39 is 6.23 Å². The summed E-state index contributed by atoms with van der Waals surface area (Å²) in [7, 11) is 0. The van der Waals surface area contributed by atoms with Crippen LogP contribution in [0.1, 0.15) is 123 Å². The maximum atomic E-state index is 9.59. The molecule has 0 aliphatic carbocycles. The molecule has 0 aromatic carbocycles. The Morgan fingerprint density at radius 1 is 0.652 bits per heavy atom. The van der Waals surface area contributed by atoms with Crippen LogP contribution in [0.2, 0.25) is 0 Å². The van der Waals surface area contributed by atoms with Crippen LogP contribution in [0.5, 0.6) is 0 Å². The largest absolute Gasteiger partial charge is 0.372 e. The van der Waals surface area contributed by atoms with Crippen LogP contribution in [0.3, 0.4) is 0 Å². The molecule has 2 nitrogen and oxygen atoms in total. The van der Waals surface area contributed by atoms with E-state index in [2.05, 4.69) is 11.9 Å². The molecule has 0 radical (unpaired) electrons. The smallest absolute Gasteiger partial charge is 0.144 e. The SMILES string of the molecule is CCC=NC(O)CCCCCCCCCCCCCCCCC. The van der Waals surface area contributed by atoms with Gasteiger partial charge in [-0.05, 0) is 19.3 Å². The Morgan fingerprint density at radius 3 is 1.43 bits per heavy atom. The van der Waals surface area contributed by atoms with Crippen molar-refractivity contribution in [2.45, 2.75) is 129 Å². The molecule has 23 heavy (non-hydrogen) atoms. The molecule has 0 rings (SSSR count). The van der Waals surface area contributed by atoms with Gasteiger partial charge in [0.1, 0.15) is 6.23 Å². The van der Waals surface area contributed by atoms with Gasteiger partial charge in [-0.2, -0.15) is 0 Å². The first-order chi connectivity index (χ1) is 11.3. The molecule has 138 valence electrons. The Labute approximate surface area is 146 Å². The van der Waals surface area contributed by atoms with Crippen molar-refractivity contribution < 1.29 is 5.11 Å². The summed E-state index contributed by atoms with van der Waals surface area (Å²) in [6.45, 7) is 4.33. The van der Waals surface area contributed by atoms with E-state index in [1.807, 2.05) is 13.1 Å². The molecule has 1 unspecified atom stereocenters. The van der Waals surface area contributed by atoms with E-state index in [9.17, 15) is 5.11 Å². The third-order valence-corrected chi connectivity index (χ3v) is 4.53. The third-order valence-electron chi connectivity index (χ3n) is 4.53. The quantitative estimate of drug-likeness (QED) is 0.212. The second-order valence-electron chi connectivity index (χ2n) is 6.96. The fraction of sp³-hybridized carbons (Fsp3) is 0.952. The van der Waals surface area contributed by atoms with Crippen molar-refractivity contribution in [1.82, 2.24) is 0 Å². The number of aliphatic hydroxyl groups is 1. The summed E-state index contributed by atoms with van der Waals surface area (Å²) in [6.07, 6.45) is 23.8. The van der Waals surface area contributed by atoms with E-state index in [1.165, 1.54) is 89.9 Å². The van der Waals surface area contributed by atoms with E-state index in [-0.39, 0.29) is 0 Å². The molecule has 0 saturated heterocycles. The predicted molar refractivity (Wildman–Crippen MR) is 104 cm³/mol. The van der Waals surface area contributed by atoms with Crippen molar-refractivity contribution in [3.8, 4) is 0 Å². The van der Waals surface area contributed by atoms with Gasteiger partial charge in [0.05, 0.1) is 0 Å². The minimum absolute atomic E-state index is 0.461. The highest BCUT2D eigenvalue weighted by atomic mass is 16.3. The average Bonchev–Trinajstić information content (AvgIpc) is 2.56. The Balaban J connectivity index is 3.06. The molecular weight excluding hydrogens is 282 g/mol. The highest BCUT2D eigenvalue weighted by molar-refractivity contribution is 5.56. The van der Waals surface area contributed by atoms with Gasteiger partial charge in [0, 0.05) is 6.21 Å². The highest BCUT2D eigenvalue weighted by Crippen LogP contribution is 2.14. The van der Waals surface area contributed by atoms with Crippen molar-refractivity contribution in [1.29, 1.82) is 0 Å². The number of unbranched alkanes of at least 4 members (excludes halogenated alkanes) is 14. The van der Waals surface area contributed by atoms with E-state index in [4.69, 9.17) is 0 Å². The Kier molecular flexibility index (Phi) is 19.4. The van der Waals surface area contributed by atoms with Gasteiger partial charge in [-0.1, -0.05) is 104 Å². The number of rotatable bonds is 18. The lowest BCUT2D eigenvalue weighted by atomic mass is 10.0. The normalized spacial score (nSPS) is 13.0. The highest BCUT2D eigenvalue weighted by Gasteiger charge is 1.99. The van der Waals surface area contributed by atoms with Crippen LogP contribution in [0.4, 0.5) is 0 Å². The van der Waals surface area contributed by atoms with Crippen LogP contribution in [-0.4, -0.2) is 17.5 Å². The van der Waals surface area contributed by atoms with Crippen LogP contribution in [0, 0.1) is 0 Å². The predicted octanol–water partition coefficient (Wildman–Crippen LogP) is 7.05. The number of hydrogen-bond donors (Lipinski definition) is 1. The monoisotopic (exact) mass is 325 g/mol. The van der Waals surface area contributed by atoms with Gasteiger partial charge in [0.15, 0.2) is 0 Å². The topological polar surface area (TPSA) is 32.6 Å². The number of aliphatic hydroxyl groups excluding tert-OH is 1. The number of aliphatic imine (C=N–C) groups is 1. The molecule has 0 aliphatic heterocycles. The van der Waals surface area contributed by atoms with Crippen molar-refractivity contribution in [3.63, 3.8) is 0 Å². The molecule has 0 spiro atoms. The number of hydrogen-bond acceptors (Lipinski definition) is 2. The molecule has 1 N–H and O–H groups in total. The Morgan fingerprint density at radius 2 is 1.04 bits per heavy atom. The average molecular weight is 326 g/mol. The molecule has 0 aliphatic rings.